The Balaban J connectivity index is 0.00000200. The smallest absolute Gasteiger partial charge is 0.246 e. The third-order valence-corrected chi connectivity index (χ3v) is 5.60. The van der Waals surface area contributed by atoms with Crippen LogP contribution in [0.5, 0.6) is 0 Å². The van der Waals surface area contributed by atoms with Gasteiger partial charge in [-0.05, 0) is 39.3 Å². The summed E-state index contributed by atoms with van der Waals surface area (Å²) in [7, 11) is -3.44. The summed E-state index contributed by atoms with van der Waals surface area (Å²) < 4.78 is 27.2. The highest BCUT2D eigenvalue weighted by Gasteiger charge is 2.33. The summed E-state index contributed by atoms with van der Waals surface area (Å²) in [6.45, 7) is 6.07. The average molecular weight is 323 g/mol. The zero-order chi connectivity index (χ0) is 13.9. The second kappa shape index (κ2) is 7.40. The Kier molecular flexibility index (Phi) is 6.44. The maximum atomic E-state index is 12.7. The molecule has 0 spiro atoms. The first-order chi connectivity index (χ1) is 9.07. The van der Waals surface area contributed by atoms with Crippen LogP contribution >= 0.6 is 12.4 Å². The molecule has 1 aromatic rings. The van der Waals surface area contributed by atoms with Crippen molar-refractivity contribution in [1.82, 2.24) is 19.8 Å². The molecule has 1 aliphatic heterocycles. The molecule has 0 bridgehead atoms. The average Bonchev–Trinajstić information content (AvgIpc) is 2.84. The Hall–Kier alpha value is -0.630. The van der Waals surface area contributed by atoms with Crippen molar-refractivity contribution in [3.05, 3.63) is 11.9 Å². The standard InChI is InChI=1S/C12H22N4O2S.ClH/c1-3-8-16(11-4-6-13-7-5-11)19(17,18)12-9-14-15-10(12)2;/h9,11,13H,3-8H2,1-2H3,(H,14,15);1H. The third kappa shape index (κ3) is 3.52. The minimum absolute atomic E-state index is 0. The number of hydrogen-bond donors (Lipinski definition) is 2. The molecule has 0 radical (unpaired) electrons. The summed E-state index contributed by atoms with van der Waals surface area (Å²) in [5.74, 6) is 0. The Bertz CT molecular complexity index is 511. The summed E-state index contributed by atoms with van der Waals surface area (Å²) >= 11 is 0. The molecule has 1 saturated heterocycles. The van der Waals surface area contributed by atoms with Gasteiger partial charge in [0.1, 0.15) is 4.90 Å². The molecule has 2 rings (SSSR count). The third-order valence-electron chi connectivity index (χ3n) is 3.53. The lowest BCUT2D eigenvalue weighted by atomic mass is 10.1. The zero-order valence-corrected chi connectivity index (χ0v) is 13.6. The van der Waals surface area contributed by atoms with Gasteiger partial charge in [0.2, 0.25) is 10.0 Å². The number of sulfonamides is 1. The molecule has 8 heteroatoms. The number of nitrogens with one attached hydrogen (secondary N) is 2. The lowest BCUT2D eigenvalue weighted by Crippen LogP contribution is -2.46. The molecule has 1 fully saturated rings. The minimum atomic E-state index is -3.44. The first kappa shape index (κ1) is 17.4. The van der Waals surface area contributed by atoms with Gasteiger partial charge in [-0.15, -0.1) is 12.4 Å². The molecule has 116 valence electrons. The molecule has 6 nitrogen and oxygen atoms in total. The first-order valence-electron chi connectivity index (χ1n) is 6.80. The van der Waals surface area contributed by atoms with Crippen molar-refractivity contribution in [2.24, 2.45) is 0 Å². The highest BCUT2D eigenvalue weighted by molar-refractivity contribution is 7.89. The monoisotopic (exact) mass is 322 g/mol. The Morgan fingerprint density at radius 2 is 2.05 bits per heavy atom. The summed E-state index contributed by atoms with van der Waals surface area (Å²) in [6.07, 6.45) is 3.97. The van der Waals surface area contributed by atoms with Crippen molar-refractivity contribution in [3.63, 3.8) is 0 Å². The Morgan fingerprint density at radius 3 is 2.55 bits per heavy atom. The number of nitrogens with zero attached hydrogens (tertiary/aromatic N) is 2. The summed E-state index contributed by atoms with van der Waals surface area (Å²) in [6, 6.07) is 0.0977. The van der Waals surface area contributed by atoms with Crippen LogP contribution in [-0.4, -0.2) is 48.6 Å². The fourth-order valence-electron chi connectivity index (χ4n) is 2.54. The predicted octanol–water partition coefficient (Wildman–Crippen LogP) is 1.29. The molecule has 0 aromatic carbocycles. The van der Waals surface area contributed by atoms with Crippen molar-refractivity contribution in [3.8, 4) is 0 Å². The minimum Gasteiger partial charge on any atom is -0.317 e. The quantitative estimate of drug-likeness (QED) is 0.856. The highest BCUT2D eigenvalue weighted by Crippen LogP contribution is 2.23. The van der Waals surface area contributed by atoms with Crippen LogP contribution in [-0.2, 0) is 10.0 Å². The fourth-order valence-corrected chi connectivity index (χ4v) is 4.44. The molecule has 0 amide bonds. The summed E-state index contributed by atoms with van der Waals surface area (Å²) in [5, 5.41) is 9.81. The van der Waals surface area contributed by atoms with Crippen molar-refractivity contribution in [2.75, 3.05) is 19.6 Å². The van der Waals surface area contributed by atoms with Gasteiger partial charge in [0.15, 0.2) is 0 Å². The maximum Gasteiger partial charge on any atom is 0.246 e. The van der Waals surface area contributed by atoms with E-state index in [-0.39, 0.29) is 18.4 Å². The van der Waals surface area contributed by atoms with Crippen LogP contribution in [0.15, 0.2) is 11.1 Å². The SMILES string of the molecule is CCCN(C1CCNCC1)S(=O)(=O)c1cn[nH]c1C.Cl. The van der Waals surface area contributed by atoms with Crippen molar-refractivity contribution < 1.29 is 8.42 Å². The van der Waals surface area contributed by atoms with Crippen LogP contribution in [0.3, 0.4) is 0 Å². The lowest BCUT2D eigenvalue weighted by Gasteiger charge is -2.33. The summed E-state index contributed by atoms with van der Waals surface area (Å²) in [4.78, 5) is 0.305. The maximum absolute atomic E-state index is 12.7. The second-order valence-electron chi connectivity index (χ2n) is 4.96. The van der Waals surface area contributed by atoms with E-state index in [9.17, 15) is 8.42 Å². The number of aryl methyl sites for hydroxylation is 1. The van der Waals surface area contributed by atoms with Gasteiger partial charge in [-0.25, -0.2) is 8.42 Å². The van der Waals surface area contributed by atoms with Gasteiger partial charge in [0.05, 0.1) is 11.9 Å². The number of hydrogen-bond acceptors (Lipinski definition) is 4. The highest BCUT2D eigenvalue weighted by atomic mass is 35.5. The van der Waals surface area contributed by atoms with E-state index in [2.05, 4.69) is 15.5 Å². The van der Waals surface area contributed by atoms with Crippen molar-refractivity contribution in [2.45, 2.75) is 44.0 Å². The van der Waals surface area contributed by atoms with Gasteiger partial charge in [0.25, 0.3) is 0 Å². The normalized spacial score (nSPS) is 17.1. The number of halogens is 1. The van der Waals surface area contributed by atoms with E-state index in [4.69, 9.17) is 0 Å². The van der Waals surface area contributed by atoms with Gasteiger partial charge < -0.3 is 5.32 Å². The van der Waals surface area contributed by atoms with Crippen LogP contribution in [0.2, 0.25) is 0 Å². The first-order valence-corrected chi connectivity index (χ1v) is 8.24. The molecule has 0 aliphatic carbocycles. The number of piperidine rings is 1. The molecule has 20 heavy (non-hydrogen) atoms. The topological polar surface area (TPSA) is 78.1 Å². The van der Waals surface area contributed by atoms with Crippen LogP contribution in [0.25, 0.3) is 0 Å². The number of aromatic amines is 1. The zero-order valence-electron chi connectivity index (χ0n) is 11.9. The molecular weight excluding hydrogens is 300 g/mol. The van der Waals surface area contributed by atoms with Gasteiger partial charge in [-0.2, -0.15) is 9.40 Å². The van der Waals surface area contributed by atoms with E-state index in [0.29, 0.717) is 17.1 Å². The van der Waals surface area contributed by atoms with Crippen LogP contribution < -0.4 is 5.32 Å². The Morgan fingerprint density at radius 1 is 1.40 bits per heavy atom. The van der Waals surface area contributed by atoms with Gasteiger partial charge in [-0.1, -0.05) is 6.92 Å². The molecule has 0 saturated carbocycles. The molecular formula is C12H23ClN4O2S. The molecule has 1 aromatic heterocycles. The summed E-state index contributed by atoms with van der Waals surface area (Å²) in [5.41, 5.74) is 0.607. The van der Waals surface area contributed by atoms with E-state index in [1.165, 1.54) is 6.20 Å². The van der Waals surface area contributed by atoms with E-state index in [1.54, 1.807) is 11.2 Å². The molecule has 2 heterocycles. The fraction of sp³-hybridized carbons (Fsp3) is 0.750. The molecule has 1 aliphatic rings. The van der Waals surface area contributed by atoms with Crippen LogP contribution in [0, 0.1) is 6.92 Å². The Labute approximate surface area is 126 Å². The van der Waals surface area contributed by atoms with E-state index in [0.717, 1.165) is 32.4 Å². The van der Waals surface area contributed by atoms with Crippen LogP contribution in [0.4, 0.5) is 0 Å². The van der Waals surface area contributed by atoms with Crippen molar-refractivity contribution in [1.29, 1.82) is 0 Å². The molecule has 0 unspecified atom stereocenters. The number of H-pyrrole nitrogens is 1. The molecule has 2 N–H and O–H groups in total. The largest absolute Gasteiger partial charge is 0.317 e. The molecule has 0 atom stereocenters. The predicted molar refractivity (Wildman–Crippen MR) is 80.6 cm³/mol. The van der Waals surface area contributed by atoms with E-state index < -0.39 is 10.0 Å². The second-order valence-corrected chi connectivity index (χ2v) is 6.82. The number of rotatable bonds is 5. The van der Waals surface area contributed by atoms with Gasteiger partial charge in [-0.3, -0.25) is 5.10 Å². The van der Waals surface area contributed by atoms with Crippen LogP contribution in [0.1, 0.15) is 31.9 Å². The number of aromatic nitrogens is 2. The van der Waals surface area contributed by atoms with E-state index in [1.807, 2.05) is 6.92 Å². The van der Waals surface area contributed by atoms with Gasteiger partial charge in [0, 0.05) is 12.6 Å². The van der Waals surface area contributed by atoms with Crippen molar-refractivity contribution >= 4 is 22.4 Å². The lowest BCUT2D eigenvalue weighted by molar-refractivity contribution is 0.262. The van der Waals surface area contributed by atoms with E-state index >= 15 is 0 Å². The van der Waals surface area contributed by atoms with Gasteiger partial charge >= 0.3 is 0 Å².